The smallest absolute Gasteiger partial charge is 0.325 e. The van der Waals surface area contributed by atoms with Crippen LogP contribution in [0.1, 0.15) is 12.8 Å². The number of hydrogen-bond donors (Lipinski definition) is 1. The fourth-order valence-electron chi connectivity index (χ4n) is 2.55. The first-order valence-corrected chi connectivity index (χ1v) is 6.88. The Labute approximate surface area is 136 Å². The van der Waals surface area contributed by atoms with Gasteiger partial charge in [-0.3, -0.25) is 4.79 Å². The van der Waals surface area contributed by atoms with Crippen LogP contribution < -0.4 is 20.1 Å². The molecule has 22 heavy (non-hydrogen) atoms. The van der Waals surface area contributed by atoms with Crippen molar-refractivity contribution in [2.45, 2.75) is 18.4 Å². The Bertz CT molecular complexity index is 494. The van der Waals surface area contributed by atoms with Gasteiger partial charge in [0.05, 0.1) is 21.3 Å². The number of esters is 1. The summed E-state index contributed by atoms with van der Waals surface area (Å²) < 4.78 is 15.3. The van der Waals surface area contributed by atoms with Gasteiger partial charge in [-0.15, -0.1) is 12.4 Å². The first-order valence-electron chi connectivity index (χ1n) is 6.88. The Balaban J connectivity index is 0.00000242. The molecule has 0 unspecified atom stereocenters. The van der Waals surface area contributed by atoms with Crippen LogP contribution in [0.2, 0.25) is 0 Å². The molecular formula is C15H23ClN2O4. The molecule has 0 amide bonds. The number of piperidine rings is 1. The van der Waals surface area contributed by atoms with Crippen molar-refractivity contribution in [2.24, 2.45) is 5.73 Å². The number of carbonyl (C=O) groups excluding carboxylic acids is 1. The van der Waals surface area contributed by atoms with Crippen LogP contribution in [0.4, 0.5) is 5.69 Å². The first kappa shape index (κ1) is 18.4. The highest BCUT2D eigenvalue weighted by atomic mass is 35.5. The zero-order chi connectivity index (χ0) is 15.5. The van der Waals surface area contributed by atoms with Crippen molar-refractivity contribution in [1.29, 1.82) is 0 Å². The molecule has 2 N–H and O–H groups in total. The second-order valence-corrected chi connectivity index (χ2v) is 5.21. The van der Waals surface area contributed by atoms with Crippen LogP contribution >= 0.6 is 12.4 Å². The van der Waals surface area contributed by atoms with Gasteiger partial charge in [0.2, 0.25) is 0 Å². The normalized spacial score (nSPS) is 16.5. The van der Waals surface area contributed by atoms with Crippen LogP contribution in [0.15, 0.2) is 18.2 Å². The van der Waals surface area contributed by atoms with Gasteiger partial charge in [-0.1, -0.05) is 0 Å². The average molecular weight is 331 g/mol. The van der Waals surface area contributed by atoms with Gasteiger partial charge in [0.25, 0.3) is 0 Å². The van der Waals surface area contributed by atoms with Gasteiger partial charge in [-0.05, 0) is 12.8 Å². The predicted octanol–water partition coefficient (Wildman–Crippen LogP) is 1.60. The van der Waals surface area contributed by atoms with E-state index in [9.17, 15) is 4.79 Å². The van der Waals surface area contributed by atoms with E-state index in [1.54, 1.807) is 14.2 Å². The second-order valence-electron chi connectivity index (χ2n) is 5.21. The van der Waals surface area contributed by atoms with Gasteiger partial charge in [-0.25, -0.2) is 0 Å². The standard InChI is InChI=1S/C15H22N2O4.ClH/c1-19-12-8-11(9-13(10-12)20-2)17-6-4-15(16,5-7-17)14(18)21-3;/h8-10H,4-7,16H2,1-3H3;1H. The van der Waals surface area contributed by atoms with Crippen molar-refractivity contribution in [3.63, 3.8) is 0 Å². The van der Waals surface area contributed by atoms with Gasteiger partial charge in [0.1, 0.15) is 17.0 Å². The Morgan fingerprint density at radius 2 is 1.59 bits per heavy atom. The third kappa shape index (κ3) is 3.75. The van der Waals surface area contributed by atoms with E-state index < -0.39 is 5.54 Å². The maximum absolute atomic E-state index is 11.7. The molecule has 1 aliphatic rings. The summed E-state index contributed by atoms with van der Waals surface area (Å²) in [5.74, 6) is 1.13. The molecule has 1 fully saturated rings. The third-order valence-electron chi connectivity index (χ3n) is 3.95. The quantitative estimate of drug-likeness (QED) is 0.845. The SMILES string of the molecule is COC(=O)C1(N)CCN(c2cc(OC)cc(OC)c2)CC1.Cl. The van der Waals surface area contributed by atoms with E-state index >= 15 is 0 Å². The largest absolute Gasteiger partial charge is 0.497 e. The van der Waals surface area contributed by atoms with Crippen LogP contribution in [0.25, 0.3) is 0 Å². The van der Waals surface area contributed by atoms with Crippen molar-refractivity contribution < 1.29 is 19.0 Å². The van der Waals surface area contributed by atoms with E-state index in [1.165, 1.54) is 7.11 Å². The maximum Gasteiger partial charge on any atom is 0.325 e. The third-order valence-corrected chi connectivity index (χ3v) is 3.95. The van der Waals surface area contributed by atoms with Crippen molar-refractivity contribution in [3.8, 4) is 11.5 Å². The molecule has 1 heterocycles. The molecule has 0 saturated carbocycles. The minimum Gasteiger partial charge on any atom is -0.497 e. The summed E-state index contributed by atoms with van der Waals surface area (Å²) in [6.07, 6.45) is 1.11. The Morgan fingerprint density at radius 3 is 2.00 bits per heavy atom. The number of halogens is 1. The lowest BCUT2D eigenvalue weighted by atomic mass is 9.88. The topological polar surface area (TPSA) is 74.0 Å². The molecule has 0 spiro atoms. The van der Waals surface area contributed by atoms with E-state index in [4.69, 9.17) is 19.9 Å². The number of nitrogens with two attached hydrogens (primary N) is 1. The van der Waals surface area contributed by atoms with Crippen LogP contribution in [0, 0.1) is 0 Å². The number of nitrogens with zero attached hydrogens (tertiary/aromatic N) is 1. The number of benzene rings is 1. The summed E-state index contributed by atoms with van der Waals surface area (Å²) in [6.45, 7) is 1.36. The number of hydrogen-bond acceptors (Lipinski definition) is 6. The first-order chi connectivity index (χ1) is 10.0. The molecular weight excluding hydrogens is 308 g/mol. The second kappa shape index (κ2) is 7.56. The number of methoxy groups -OCH3 is 3. The summed E-state index contributed by atoms with van der Waals surface area (Å²) in [7, 11) is 4.62. The van der Waals surface area contributed by atoms with Crippen molar-refractivity contribution in [3.05, 3.63) is 18.2 Å². The summed E-state index contributed by atoms with van der Waals surface area (Å²) in [6, 6.07) is 5.73. The van der Waals surface area contributed by atoms with Crippen LogP contribution in [-0.2, 0) is 9.53 Å². The Hall–Kier alpha value is -1.66. The number of ether oxygens (including phenoxy) is 3. The van der Waals surface area contributed by atoms with Gasteiger partial charge >= 0.3 is 5.97 Å². The number of rotatable bonds is 4. The fourth-order valence-corrected chi connectivity index (χ4v) is 2.55. The number of anilines is 1. The van der Waals surface area contributed by atoms with E-state index in [2.05, 4.69) is 4.90 Å². The average Bonchev–Trinajstić information content (AvgIpc) is 2.54. The molecule has 0 bridgehead atoms. The fraction of sp³-hybridized carbons (Fsp3) is 0.533. The van der Waals surface area contributed by atoms with E-state index in [1.807, 2.05) is 18.2 Å². The van der Waals surface area contributed by atoms with E-state index in [0.29, 0.717) is 25.9 Å². The van der Waals surface area contributed by atoms with Crippen LogP contribution in [-0.4, -0.2) is 45.9 Å². The van der Waals surface area contributed by atoms with Gasteiger partial charge < -0.3 is 24.8 Å². The highest BCUT2D eigenvalue weighted by molar-refractivity contribution is 5.85. The van der Waals surface area contributed by atoms with Gasteiger partial charge in [0.15, 0.2) is 0 Å². The Kier molecular flexibility index (Phi) is 6.32. The highest BCUT2D eigenvalue weighted by Crippen LogP contribution is 2.31. The zero-order valence-electron chi connectivity index (χ0n) is 13.1. The summed E-state index contributed by atoms with van der Waals surface area (Å²) in [5, 5.41) is 0. The minimum absolute atomic E-state index is 0. The molecule has 0 aromatic heterocycles. The maximum atomic E-state index is 11.7. The molecule has 0 atom stereocenters. The lowest BCUT2D eigenvalue weighted by molar-refractivity contribution is -0.147. The monoisotopic (exact) mass is 330 g/mol. The molecule has 0 radical (unpaired) electrons. The summed E-state index contributed by atoms with van der Waals surface area (Å²) in [5.41, 5.74) is 6.23. The zero-order valence-corrected chi connectivity index (χ0v) is 13.9. The van der Waals surface area contributed by atoms with Crippen molar-refractivity contribution >= 4 is 24.1 Å². The lowest BCUT2D eigenvalue weighted by Crippen LogP contribution is -2.56. The molecule has 1 saturated heterocycles. The molecule has 7 heteroatoms. The number of carbonyl (C=O) groups is 1. The molecule has 0 aliphatic carbocycles. The predicted molar refractivity (Wildman–Crippen MR) is 87.2 cm³/mol. The molecule has 2 rings (SSSR count). The van der Waals surface area contributed by atoms with Crippen LogP contribution in [0.3, 0.4) is 0 Å². The van der Waals surface area contributed by atoms with E-state index in [0.717, 1.165) is 17.2 Å². The molecule has 124 valence electrons. The van der Waals surface area contributed by atoms with E-state index in [-0.39, 0.29) is 18.4 Å². The van der Waals surface area contributed by atoms with Crippen LogP contribution in [0.5, 0.6) is 11.5 Å². The molecule has 1 aromatic rings. The molecule has 1 aromatic carbocycles. The van der Waals surface area contributed by atoms with Crippen molar-refractivity contribution in [1.82, 2.24) is 0 Å². The Morgan fingerprint density at radius 1 is 1.09 bits per heavy atom. The van der Waals surface area contributed by atoms with Crippen molar-refractivity contribution in [2.75, 3.05) is 39.3 Å². The summed E-state index contributed by atoms with van der Waals surface area (Å²) >= 11 is 0. The molecule has 6 nitrogen and oxygen atoms in total. The van der Waals surface area contributed by atoms with Gasteiger partial charge in [0, 0.05) is 37.0 Å². The lowest BCUT2D eigenvalue weighted by Gasteiger charge is -2.38. The minimum atomic E-state index is -0.881. The molecule has 1 aliphatic heterocycles. The van der Waals surface area contributed by atoms with Gasteiger partial charge in [-0.2, -0.15) is 0 Å². The highest BCUT2D eigenvalue weighted by Gasteiger charge is 2.38. The summed E-state index contributed by atoms with van der Waals surface area (Å²) in [4.78, 5) is 13.9.